The van der Waals surface area contributed by atoms with E-state index in [-0.39, 0.29) is 24.4 Å². The topological polar surface area (TPSA) is 110 Å². The fourth-order valence-corrected chi connectivity index (χ4v) is 5.08. The van der Waals surface area contributed by atoms with Gasteiger partial charge < -0.3 is 9.64 Å². The number of nitriles is 2. The largest absolute Gasteiger partial charge is 0.433 e. The van der Waals surface area contributed by atoms with Gasteiger partial charge in [-0.05, 0) is 12.1 Å². The average molecular weight is 467 g/mol. The summed E-state index contributed by atoms with van der Waals surface area (Å²) in [6, 6.07) is 10.8. The van der Waals surface area contributed by atoms with Gasteiger partial charge in [-0.1, -0.05) is 18.2 Å². The molecular weight excluding hydrogens is 452 g/mol. The molecule has 11 heteroatoms. The number of nitrogens with zero attached hydrogens (tertiary/aromatic N) is 5. The van der Waals surface area contributed by atoms with Crippen LogP contribution in [0.25, 0.3) is 4.91 Å². The van der Waals surface area contributed by atoms with Crippen LogP contribution in [0.3, 0.4) is 0 Å². The van der Waals surface area contributed by atoms with Crippen molar-refractivity contribution in [1.29, 1.82) is 10.5 Å². The summed E-state index contributed by atoms with van der Waals surface area (Å²) in [5.41, 5.74) is 1.05. The number of imide groups is 1. The molecule has 33 heavy (non-hydrogen) atoms. The Hall–Kier alpha value is -3.96. The number of carbonyl (C=O) groups is 2. The first kappa shape index (κ1) is 22.2. The van der Waals surface area contributed by atoms with E-state index >= 15 is 0 Å². The molecule has 0 saturated carbocycles. The number of anilines is 1. The van der Waals surface area contributed by atoms with E-state index in [0.717, 1.165) is 17.2 Å². The second-order valence-corrected chi connectivity index (χ2v) is 8.22. The molecule has 0 radical (unpaired) electrons. The number of carbonyl (C=O) groups excluding carboxylic acids is 2. The van der Waals surface area contributed by atoms with E-state index in [4.69, 9.17) is 5.26 Å². The highest BCUT2D eigenvalue weighted by atomic mass is 32.2. The summed E-state index contributed by atoms with van der Waals surface area (Å²) >= 11 is 1.21. The molecule has 1 saturated heterocycles. The molecule has 3 amide bonds. The number of halogens is 2. The Kier molecular flexibility index (Phi) is 6.24. The lowest BCUT2D eigenvalue weighted by atomic mass is 10.0. The van der Waals surface area contributed by atoms with Gasteiger partial charge in [-0.2, -0.15) is 19.3 Å². The van der Waals surface area contributed by atoms with Gasteiger partial charge in [-0.25, -0.2) is 9.69 Å². The molecule has 0 spiro atoms. The van der Waals surface area contributed by atoms with Gasteiger partial charge in [-0.3, -0.25) is 9.78 Å². The maximum atomic E-state index is 13.4. The van der Waals surface area contributed by atoms with Crippen molar-refractivity contribution in [2.75, 3.05) is 11.4 Å². The van der Waals surface area contributed by atoms with Crippen molar-refractivity contribution in [2.24, 2.45) is 0 Å². The number of hydrogen-bond donors (Lipinski definition) is 0. The summed E-state index contributed by atoms with van der Waals surface area (Å²) in [5.74, 6) is -0.852. The van der Waals surface area contributed by atoms with Crippen LogP contribution in [0, 0.1) is 22.7 Å². The smallest absolute Gasteiger partial charge is 0.387 e. The SMILES string of the molecule is N#CCCN1C(=O)N(c2cncc(OC(F)F)c2)C(=O)C2SC(c3ccccc3C#N)=CC21. The number of ether oxygens (including phenoxy) is 1. The normalized spacial score (nSPS) is 19.7. The molecule has 0 bridgehead atoms. The van der Waals surface area contributed by atoms with Crippen molar-refractivity contribution in [3.05, 3.63) is 59.9 Å². The number of fused-ring (bicyclic) bond motifs is 1. The number of pyridine rings is 1. The summed E-state index contributed by atoms with van der Waals surface area (Å²) in [6.07, 6.45) is 4.04. The number of thioether (sulfide) groups is 1. The zero-order valence-electron chi connectivity index (χ0n) is 16.9. The van der Waals surface area contributed by atoms with Gasteiger partial charge in [0.15, 0.2) is 0 Å². The predicted octanol–water partition coefficient (Wildman–Crippen LogP) is 3.76. The van der Waals surface area contributed by atoms with E-state index in [1.807, 2.05) is 6.07 Å². The van der Waals surface area contributed by atoms with Crippen LogP contribution in [-0.2, 0) is 4.79 Å². The molecule has 1 aromatic heterocycles. The van der Waals surface area contributed by atoms with E-state index in [9.17, 15) is 23.6 Å². The number of hydrogen-bond acceptors (Lipinski definition) is 7. The van der Waals surface area contributed by atoms with Crippen molar-refractivity contribution in [2.45, 2.75) is 24.3 Å². The first-order valence-corrected chi connectivity index (χ1v) is 10.6. The molecule has 1 fully saturated rings. The molecular formula is C22H15F2N5O3S. The van der Waals surface area contributed by atoms with Crippen LogP contribution in [0.1, 0.15) is 17.5 Å². The highest BCUT2D eigenvalue weighted by Crippen LogP contribution is 2.45. The Labute approximate surface area is 191 Å². The Bertz CT molecular complexity index is 1220. The monoisotopic (exact) mass is 467 g/mol. The summed E-state index contributed by atoms with van der Waals surface area (Å²) in [4.78, 5) is 33.4. The quantitative estimate of drug-likeness (QED) is 0.636. The van der Waals surface area contributed by atoms with Crippen molar-refractivity contribution >= 4 is 34.3 Å². The molecule has 4 rings (SSSR count). The van der Waals surface area contributed by atoms with Gasteiger partial charge in [0.1, 0.15) is 11.0 Å². The van der Waals surface area contributed by atoms with Gasteiger partial charge in [-0.15, -0.1) is 11.8 Å². The standard InChI is InChI=1S/C22H15F2N5O3S/c23-21(24)32-15-8-14(11-27-12-15)29-20(30)19-17(28(22(29)31)7-3-6-25)9-18(33-19)16-5-2-1-4-13(16)10-26/h1-2,4-5,8-9,11-12,17,19,21H,3,7H2. The number of rotatable bonds is 6. The number of alkyl halides is 2. The third kappa shape index (κ3) is 4.23. The van der Waals surface area contributed by atoms with Gasteiger partial charge in [0.25, 0.3) is 5.91 Å². The van der Waals surface area contributed by atoms with E-state index < -0.39 is 29.8 Å². The number of urea groups is 1. The highest BCUT2D eigenvalue weighted by Gasteiger charge is 2.49. The molecule has 2 atom stereocenters. The molecule has 2 unspecified atom stereocenters. The fraction of sp³-hybridized carbons (Fsp3) is 0.227. The lowest BCUT2D eigenvalue weighted by molar-refractivity contribution is -0.119. The molecule has 2 aliphatic heterocycles. The molecule has 0 aliphatic carbocycles. The van der Waals surface area contributed by atoms with Gasteiger partial charge in [0.2, 0.25) is 0 Å². The van der Waals surface area contributed by atoms with Crippen LogP contribution in [0.4, 0.5) is 19.3 Å². The van der Waals surface area contributed by atoms with Crippen LogP contribution < -0.4 is 9.64 Å². The van der Waals surface area contributed by atoms with Gasteiger partial charge >= 0.3 is 12.6 Å². The summed E-state index contributed by atoms with van der Waals surface area (Å²) in [5, 5.41) is 17.8. The second kappa shape index (κ2) is 9.27. The Morgan fingerprint density at radius 2 is 2.00 bits per heavy atom. The molecule has 1 aromatic carbocycles. The van der Waals surface area contributed by atoms with Crippen LogP contribution in [0.15, 0.2) is 48.8 Å². The first-order valence-electron chi connectivity index (χ1n) is 9.74. The Morgan fingerprint density at radius 1 is 1.21 bits per heavy atom. The van der Waals surface area contributed by atoms with Crippen molar-refractivity contribution in [3.63, 3.8) is 0 Å². The van der Waals surface area contributed by atoms with Crippen molar-refractivity contribution in [1.82, 2.24) is 9.88 Å². The third-order valence-corrected chi connectivity index (χ3v) is 6.45. The Balaban J connectivity index is 1.72. The molecule has 3 heterocycles. The molecule has 166 valence electrons. The Morgan fingerprint density at radius 3 is 2.73 bits per heavy atom. The van der Waals surface area contributed by atoms with Crippen LogP contribution in [0.2, 0.25) is 0 Å². The minimum absolute atomic E-state index is 0.0185. The molecule has 0 N–H and O–H groups in total. The second-order valence-electron chi connectivity index (χ2n) is 7.03. The minimum atomic E-state index is -3.09. The zero-order valence-corrected chi connectivity index (χ0v) is 17.7. The van der Waals surface area contributed by atoms with Crippen LogP contribution in [0.5, 0.6) is 5.75 Å². The lowest BCUT2D eigenvalue weighted by Gasteiger charge is -2.40. The number of aromatic nitrogens is 1. The van der Waals surface area contributed by atoms with Gasteiger partial charge in [0.05, 0.1) is 48.2 Å². The zero-order chi connectivity index (χ0) is 23.5. The molecule has 2 aliphatic rings. The lowest BCUT2D eigenvalue weighted by Crippen LogP contribution is -2.62. The maximum absolute atomic E-state index is 13.4. The molecule has 8 nitrogen and oxygen atoms in total. The summed E-state index contributed by atoms with van der Waals surface area (Å²) < 4.78 is 29.6. The predicted molar refractivity (Wildman–Crippen MR) is 115 cm³/mol. The average Bonchev–Trinajstić information content (AvgIpc) is 3.24. The van der Waals surface area contributed by atoms with E-state index in [0.29, 0.717) is 16.0 Å². The first-order chi connectivity index (χ1) is 15.9. The van der Waals surface area contributed by atoms with Crippen molar-refractivity contribution < 1.29 is 23.1 Å². The minimum Gasteiger partial charge on any atom is -0.433 e. The van der Waals surface area contributed by atoms with E-state index in [2.05, 4.69) is 15.8 Å². The van der Waals surface area contributed by atoms with Crippen LogP contribution >= 0.6 is 11.8 Å². The number of amides is 3. The van der Waals surface area contributed by atoms with E-state index in [1.54, 1.807) is 30.3 Å². The van der Waals surface area contributed by atoms with Gasteiger partial charge in [0, 0.05) is 23.1 Å². The van der Waals surface area contributed by atoms with Crippen LogP contribution in [-0.4, -0.2) is 46.3 Å². The summed E-state index contributed by atoms with van der Waals surface area (Å²) in [7, 11) is 0. The fourth-order valence-electron chi connectivity index (χ4n) is 3.71. The van der Waals surface area contributed by atoms with E-state index in [1.165, 1.54) is 22.9 Å². The summed E-state index contributed by atoms with van der Waals surface area (Å²) in [6.45, 7) is -3.03. The highest BCUT2D eigenvalue weighted by molar-refractivity contribution is 8.09. The maximum Gasteiger partial charge on any atom is 0.387 e. The number of benzene rings is 1. The molecule has 2 aromatic rings. The third-order valence-electron chi connectivity index (χ3n) is 5.11. The van der Waals surface area contributed by atoms with Crippen molar-refractivity contribution in [3.8, 4) is 17.9 Å².